The van der Waals surface area contributed by atoms with Gasteiger partial charge in [0.05, 0.1) is 28.2 Å². The molecule has 1 aromatic heterocycles. The second-order valence-corrected chi connectivity index (χ2v) is 9.51. The minimum Gasteiger partial charge on any atom is -0.505 e. The lowest BCUT2D eigenvalue weighted by atomic mass is 10.0. The Hall–Kier alpha value is -3.21. The van der Waals surface area contributed by atoms with Gasteiger partial charge in [0.25, 0.3) is 0 Å². The predicted molar refractivity (Wildman–Crippen MR) is 124 cm³/mol. The Balaban J connectivity index is 1.80. The maximum absolute atomic E-state index is 15.0. The van der Waals surface area contributed by atoms with E-state index >= 15 is 0 Å². The van der Waals surface area contributed by atoms with E-state index in [2.05, 4.69) is 20.3 Å². The topological polar surface area (TPSA) is 152 Å². The number of azide groups is 1. The Morgan fingerprint density at radius 1 is 1.38 bits per heavy atom. The van der Waals surface area contributed by atoms with Crippen molar-refractivity contribution in [1.82, 2.24) is 15.2 Å². The number of carbonyl (C=O) groups excluding carboxylic acids is 2. The SMILES string of the molecule is Cc1ncsc1-c1ccc([C@H](C)NC(=O)[C@@H]2C[C@@H](O)CN2C(=O)[C@@H](N=[N+]=[N-])C(C)C)c(O)c1F. The molecule has 0 aliphatic carbocycles. The van der Waals surface area contributed by atoms with Crippen molar-refractivity contribution in [2.24, 2.45) is 11.0 Å². The smallest absolute Gasteiger partial charge is 0.243 e. The molecule has 0 saturated carbocycles. The number of aromatic hydroxyl groups is 1. The molecule has 2 aromatic rings. The number of nitrogens with one attached hydrogen (secondary N) is 1. The summed E-state index contributed by atoms with van der Waals surface area (Å²) in [6.07, 6.45) is -0.906. The van der Waals surface area contributed by atoms with Gasteiger partial charge >= 0.3 is 0 Å². The molecular formula is C22H27FN6O4S. The molecule has 34 heavy (non-hydrogen) atoms. The minimum absolute atomic E-state index is 0.00924. The second-order valence-electron chi connectivity index (χ2n) is 8.65. The molecule has 0 bridgehead atoms. The largest absolute Gasteiger partial charge is 0.505 e. The number of phenols is 1. The fourth-order valence-electron chi connectivity index (χ4n) is 4.05. The molecule has 12 heteroatoms. The number of aryl methyl sites for hydroxylation is 1. The number of nitrogens with zero attached hydrogens (tertiary/aromatic N) is 5. The third-order valence-corrected chi connectivity index (χ3v) is 6.85. The van der Waals surface area contributed by atoms with Crippen LogP contribution in [0.2, 0.25) is 0 Å². The van der Waals surface area contributed by atoms with Gasteiger partial charge in [0.15, 0.2) is 11.6 Å². The lowest BCUT2D eigenvalue weighted by Crippen LogP contribution is -2.50. The number of aromatic nitrogens is 1. The molecule has 0 spiro atoms. The summed E-state index contributed by atoms with van der Waals surface area (Å²) in [4.78, 5) is 34.6. The standard InChI is InChI=1S/C22H27FN6O4S/c1-10(2)18(27-28-24)22(33)29-8-13(30)7-16(29)21(32)26-11(3)14-5-6-15(17(23)19(14)31)20-12(4)25-9-34-20/h5-6,9-11,13,16,18,30-31H,7-8H2,1-4H3,(H,26,32)/t11-,13+,16-,18-/m0/s1. The molecular weight excluding hydrogens is 463 g/mol. The van der Waals surface area contributed by atoms with Crippen LogP contribution in [0, 0.1) is 18.7 Å². The number of rotatable bonds is 7. The Bertz CT molecular complexity index is 1130. The van der Waals surface area contributed by atoms with E-state index < -0.39 is 47.6 Å². The maximum Gasteiger partial charge on any atom is 0.243 e. The molecule has 3 N–H and O–H groups in total. The number of thiazole rings is 1. The molecule has 1 aliphatic rings. The molecule has 3 rings (SSSR count). The first-order valence-electron chi connectivity index (χ1n) is 10.8. The normalized spacial score (nSPS) is 19.6. The van der Waals surface area contributed by atoms with Gasteiger partial charge in [-0.15, -0.1) is 11.3 Å². The molecule has 4 atom stereocenters. The second kappa shape index (κ2) is 10.4. The fourth-order valence-corrected chi connectivity index (χ4v) is 4.88. The van der Waals surface area contributed by atoms with Gasteiger partial charge in [0.2, 0.25) is 11.8 Å². The van der Waals surface area contributed by atoms with Crippen molar-refractivity contribution in [2.75, 3.05) is 6.54 Å². The zero-order valence-electron chi connectivity index (χ0n) is 19.3. The van der Waals surface area contributed by atoms with E-state index in [1.54, 1.807) is 33.2 Å². The lowest BCUT2D eigenvalue weighted by Gasteiger charge is -2.28. The number of phenolic OH excluding ortho intramolecular Hbond substituents is 1. The van der Waals surface area contributed by atoms with Gasteiger partial charge in [0.1, 0.15) is 12.1 Å². The minimum atomic E-state index is -1.01. The summed E-state index contributed by atoms with van der Waals surface area (Å²) in [5.74, 6) is -2.81. The number of aliphatic hydroxyl groups is 1. The molecule has 182 valence electrons. The van der Waals surface area contributed by atoms with Crippen LogP contribution in [0.1, 0.15) is 44.5 Å². The van der Waals surface area contributed by atoms with Crippen molar-refractivity contribution in [1.29, 1.82) is 0 Å². The van der Waals surface area contributed by atoms with E-state index in [9.17, 15) is 24.2 Å². The molecule has 0 radical (unpaired) electrons. The third-order valence-electron chi connectivity index (χ3n) is 5.89. The van der Waals surface area contributed by atoms with Crippen molar-refractivity contribution in [3.05, 3.63) is 45.2 Å². The molecule has 1 aliphatic heterocycles. The summed E-state index contributed by atoms with van der Waals surface area (Å²) in [5.41, 5.74) is 11.4. The zero-order valence-corrected chi connectivity index (χ0v) is 20.1. The first kappa shape index (κ1) is 25.4. The quantitative estimate of drug-likeness (QED) is 0.308. The molecule has 1 aromatic carbocycles. The summed E-state index contributed by atoms with van der Waals surface area (Å²) in [5, 5.41) is 26.9. The molecule has 1 fully saturated rings. The first-order valence-corrected chi connectivity index (χ1v) is 11.7. The lowest BCUT2D eigenvalue weighted by molar-refractivity contribution is -0.140. The highest BCUT2D eigenvalue weighted by Gasteiger charge is 2.42. The van der Waals surface area contributed by atoms with Crippen LogP contribution < -0.4 is 5.32 Å². The fraction of sp³-hybridized carbons (Fsp3) is 0.500. The number of hydrogen-bond donors (Lipinski definition) is 3. The summed E-state index contributed by atoms with van der Waals surface area (Å²) in [6.45, 7) is 6.69. The van der Waals surface area contributed by atoms with E-state index in [0.717, 1.165) is 0 Å². The van der Waals surface area contributed by atoms with Crippen molar-refractivity contribution < 1.29 is 24.2 Å². The van der Waals surface area contributed by atoms with Crippen LogP contribution in [0.15, 0.2) is 22.8 Å². The average molecular weight is 491 g/mol. The highest BCUT2D eigenvalue weighted by atomic mass is 32.1. The molecule has 10 nitrogen and oxygen atoms in total. The van der Waals surface area contributed by atoms with Gasteiger partial charge in [-0.3, -0.25) is 9.59 Å². The van der Waals surface area contributed by atoms with E-state index in [4.69, 9.17) is 5.53 Å². The van der Waals surface area contributed by atoms with E-state index in [-0.39, 0.29) is 30.0 Å². The van der Waals surface area contributed by atoms with Crippen molar-refractivity contribution in [3.63, 3.8) is 0 Å². The van der Waals surface area contributed by atoms with Crippen LogP contribution in [-0.4, -0.2) is 56.6 Å². The predicted octanol–water partition coefficient (Wildman–Crippen LogP) is 3.44. The van der Waals surface area contributed by atoms with E-state index in [1.165, 1.54) is 28.4 Å². The Morgan fingerprint density at radius 3 is 2.68 bits per heavy atom. The number of halogens is 1. The van der Waals surface area contributed by atoms with Gasteiger partial charge in [-0.25, -0.2) is 9.37 Å². The molecule has 0 unspecified atom stereocenters. The first-order chi connectivity index (χ1) is 16.1. The molecule has 2 amide bonds. The summed E-state index contributed by atoms with van der Waals surface area (Å²) in [6, 6.07) is 0.262. The number of likely N-dealkylation sites (tertiary alicyclic amines) is 1. The number of carbonyl (C=O) groups is 2. The number of aliphatic hydroxyl groups excluding tert-OH is 1. The monoisotopic (exact) mass is 490 g/mol. The van der Waals surface area contributed by atoms with Crippen LogP contribution in [0.5, 0.6) is 5.75 Å². The average Bonchev–Trinajstić information content (AvgIpc) is 3.38. The van der Waals surface area contributed by atoms with E-state index in [0.29, 0.717) is 10.6 Å². The zero-order chi connectivity index (χ0) is 25.2. The molecule has 2 heterocycles. The maximum atomic E-state index is 15.0. The van der Waals surface area contributed by atoms with Crippen LogP contribution in [0.25, 0.3) is 20.9 Å². The van der Waals surface area contributed by atoms with Gasteiger partial charge < -0.3 is 20.4 Å². The molecule has 1 saturated heterocycles. The van der Waals surface area contributed by atoms with Crippen molar-refractivity contribution in [2.45, 2.75) is 58.3 Å². The number of amides is 2. The van der Waals surface area contributed by atoms with E-state index in [1.807, 2.05) is 0 Å². The van der Waals surface area contributed by atoms with Crippen LogP contribution in [-0.2, 0) is 9.59 Å². The third kappa shape index (κ3) is 4.98. The highest BCUT2D eigenvalue weighted by molar-refractivity contribution is 7.13. The van der Waals surface area contributed by atoms with Crippen LogP contribution >= 0.6 is 11.3 Å². The summed E-state index contributed by atoms with van der Waals surface area (Å²) >= 11 is 1.25. The van der Waals surface area contributed by atoms with Crippen LogP contribution in [0.3, 0.4) is 0 Å². The van der Waals surface area contributed by atoms with Crippen LogP contribution in [0.4, 0.5) is 4.39 Å². The number of hydrogen-bond acceptors (Lipinski definition) is 7. The summed E-state index contributed by atoms with van der Waals surface area (Å²) in [7, 11) is 0. The van der Waals surface area contributed by atoms with Gasteiger partial charge in [-0.1, -0.05) is 25.0 Å². The number of benzene rings is 1. The Morgan fingerprint density at radius 2 is 2.09 bits per heavy atom. The Kier molecular flexibility index (Phi) is 7.75. The highest BCUT2D eigenvalue weighted by Crippen LogP contribution is 2.37. The van der Waals surface area contributed by atoms with Gasteiger partial charge in [-0.05, 0) is 31.4 Å². The van der Waals surface area contributed by atoms with Crippen molar-refractivity contribution >= 4 is 23.2 Å². The summed E-state index contributed by atoms with van der Waals surface area (Å²) < 4.78 is 15.0. The van der Waals surface area contributed by atoms with Crippen molar-refractivity contribution in [3.8, 4) is 16.2 Å². The van der Waals surface area contributed by atoms with Gasteiger partial charge in [-0.2, -0.15) is 0 Å². The Labute approximate surface area is 200 Å². The number of β-amino-alcohol motifs (C(OH)–C–C–N with tert-alkyl or cyclic N) is 1. The van der Waals surface area contributed by atoms with Gasteiger partial charge in [0, 0.05) is 29.0 Å².